The second-order valence-corrected chi connectivity index (χ2v) is 4.02. The molecule has 0 aliphatic carbocycles. The van der Waals surface area contributed by atoms with Gasteiger partial charge in [-0.1, -0.05) is 23.2 Å². The summed E-state index contributed by atoms with van der Waals surface area (Å²) in [5.41, 5.74) is 2.05. The van der Waals surface area contributed by atoms with Gasteiger partial charge in [-0.05, 0) is 25.2 Å². The highest BCUT2D eigenvalue weighted by Gasteiger charge is 2.05. The third-order valence-corrected chi connectivity index (χ3v) is 2.58. The number of hydrogen-bond donors (Lipinski definition) is 2. The van der Waals surface area contributed by atoms with E-state index in [0.29, 0.717) is 10.0 Å². The van der Waals surface area contributed by atoms with Crippen molar-refractivity contribution in [3.63, 3.8) is 0 Å². The minimum absolute atomic E-state index is 0.662. The molecule has 1 heterocycles. The van der Waals surface area contributed by atoms with Crippen molar-refractivity contribution in [3.8, 4) is 0 Å². The summed E-state index contributed by atoms with van der Waals surface area (Å²) in [6.45, 7) is 0.794. The number of rotatable bonds is 2. The second kappa shape index (κ2) is 3.81. The Hall–Kier alpha value is -0.700. The van der Waals surface area contributed by atoms with Crippen LogP contribution in [-0.2, 0) is 6.54 Å². The van der Waals surface area contributed by atoms with Crippen LogP contribution in [0.25, 0.3) is 10.9 Å². The van der Waals surface area contributed by atoms with Crippen molar-refractivity contribution in [2.24, 2.45) is 0 Å². The van der Waals surface area contributed by atoms with E-state index in [1.807, 2.05) is 19.2 Å². The van der Waals surface area contributed by atoms with E-state index >= 15 is 0 Å². The number of H-pyrrole nitrogens is 1. The Morgan fingerprint density at radius 1 is 1.29 bits per heavy atom. The van der Waals surface area contributed by atoms with Crippen LogP contribution in [-0.4, -0.2) is 12.0 Å². The van der Waals surface area contributed by atoms with Crippen LogP contribution in [0.3, 0.4) is 0 Å². The second-order valence-electron chi connectivity index (χ2n) is 3.18. The van der Waals surface area contributed by atoms with E-state index in [2.05, 4.69) is 10.3 Å². The zero-order valence-electron chi connectivity index (χ0n) is 7.70. The van der Waals surface area contributed by atoms with Gasteiger partial charge in [0.2, 0.25) is 0 Å². The molecule has 0 aliphatic rings. The van der Waals surface area contributed by atoms with Gasteiger partial charge in [0.15, 0.2) is 0 Å². The largest absolute Gasteiger partial charge is 0.356 e. The molecule has 0 radical (unpaired) electrons. The third-order valence-electron chi connectivity index (χ3n) is 2.07. The molecule has 0 unspecified atom stereocenters. The molecule has 0 saturated carbocycles. The lowest BCUT2D eigenvalue weighted by Gasteiger charge is -1.95. The zero-order valence-corrected chi connectivity index (χ0v) is 9.21. The highest BCUT2D eigenvalue weighted by Crippen LogP contribution is 2.27. The standard InChI is InChI=1S/C10H10Cl2N2/c1-13-5-8-3-6-2-7(11)4-9(12)10(6)14-8/h2-4,13-14H,5H2,1H3. The minimum Gasteiger partial charge on any atom is -0.356 e. The Labute approximate surface area is 92.2 Å². The normalized spacial score (nSPS) is 11.1. The Balaban J connectivity index is 2.58. The Morgan fingerprint density at radius 3 is 2.79 bits per heavy atom. The number of hydrogen-bond acceptors (Lipinski definition) is 1. The quantitative estimate of drug-likeness (QED) is 0.813. The van der Waals surface area contributed by atoms with Crippen molar-refractivity contribution in [1.82, 2.24) is 10.3 Å². The Kier molecular flexibility index (Phi) is 2.68. The Bertz CT molecular complexity index is 462. The molecule has 4 heteroatoms. The first-order valence-electron chi connectivity index (χ1n) is 4.32. The molecule has 0 amide bonds. The molecule has 0 aliphatic heterocycles. The molecule has 0 bridgehead atoms. The first kappa shape index (κ1) is 9.84. The minimum atomic E-state index is 0.662. The summed E-state index contributed by atoms with van der Waals surface area (Å²) in [6, 6.07) is 5.69. The van der Waals surface area contributed by atoms with Crippen molar-refractivity contribution in [1.29, 1.82) is 0 Å². The summed E-state index contributed by atoms with van der Waals surface area (Å²) in [4.78, 5) is 3.24. The van der Waals surface area contributed by atoms with Crippen LogP contribution in [0.2, 0.25) is 10.0 Å². The van der Waals surface area contributed by atoms with E-state index < -0.39 is 0 Å². The van der Waals surface area contributed by atoms with Crippen molar-refractivity contribution in [2.75, 3.05) is 7.05 Å². The van der Waals surface area contributed by atoms with Crippen LogP contribution in [0.5, 0.6) is 0 Å². The Morgan fingerprint density at radius 2 is 2.07 bits per heavy atom. The molecular formula is C10H10Cl2N2. The smallest absolute Gasteiger partial charge is 0.0661 e. The fraction of sp³-hybridized carbons (Fsp3) is 0.200. The van der Waals surface area contributed by atoms with Gasteiger partial charge in [0.05, 0.1) is 10.5 Å². The van der Waals surface area contributed by atoms with Crippen LogP contribution in [0.4, 0.5) is 0 Å². The lowest BCUT2D eigenvalue weighted by atomic mass is 10.2. The van der Waals surface area contributed by atoms with Gasteiger partial charge in [-0.3, -0.25) is 0 Å². The lowest BCUT2D eigenvalue weighted by molar-refractivity contribution is 0.800. The van der Waals surface area contributed by atoms with E-state index in [-0.39, 0.29) is 0 Å². The van der Waals surface area contributed by atoms with Crippen molar-refractivity contribution in [3.05, 3.63) is 33.9 Å². The molecule has 2 rings (SSSR count). The summed E-state index contributed by atoms with van der Waals surface area (Å²) in [7, 11) is 1.90. The van der Waals surface area contributed by atoms with Gasteiger partial charge in [-0.2, -0.15) is 0 Å². The highest BCUT2D eigenvalue weighted by molar-refractivity contribution is 6.38. The fourth-order valence-corrected chi connectivity index (χ4v) is 2.07. The fourth-order valence-electron chi connectivity index (χ4n) is 1.51. The molecule has 0 spiro atoms. The van der Waals surface area contributed by atoms with Crippen molar-refractivity contribution in [2.45, 2.75) is 6.54 Å². The summed E-state index contributed by atoms with van der Waals surface area (Å²) in [5, 5.41) is 5.45. The van der Waals surface area contributed by atoms with Crippen molar-refractivity contribution >= 4 is 34.1 Å². The third kappa shape index (κ3) is 1.73. The maximum absolute atomic E-state index is 6.04. The maximum Gasteiger partial charge on any atom is 0.0661 e. The summed E-state index contributed by atoms with van der Waals surface area (Å²) in [5.74, 6) is 0. The van der Waals surface area contributed by atoms with Crippen LogP contribution >= 0.6 is 23.2 Å². The van der Waals surface area contributed by atoms with Gasteiger partial charge < -0.3 is 10.3 Å². The van der Waals surface area contributed by atoms with E-state index in [1.165, 1.54) is 0 Å². The lowest BCUT2D eigenvalue weighted by Crippen LogP contribution is -2.04. The molecule has 2 nitrogen and oxygen atoms in total. The summed E-state index contributed by atoms with van der Waals surface area (Å²) < 4.78 is 0. The van der Waals surface area contributed by atoms with Gasteiger partial charge in [-0.25, -0.2) is 0 Å². The van der Waals surface area contributed by atoms with Crippen LogP contribution in [0, 0.1) is 0 Å². The number of benzene rings is 1. The van der Waals surface area contributed by atoms with Gasteiger partial charge in [0, 0.05) is 22.6 Å². The van der Waals surface area contributed by atoms with Crippen LogP contribution < -0.4 is 5.32 Å². The summed E-state index contributed by atoms with van der Waals surface area (Å²) >= 11 is 11.9. The van der Waals surface area contributed by atoms with E-state index in [9.17, 15) is 0 Å². The predicted molar refractivity (Wildman–Crippen MR) is 61.1 cm³/mol. The molecule has 74 valence electrons. The predicted octanol–water partition coefficient (Wildman–Crippen LogP) is 3.19. The van der Waals surface area contributed by atoms with Crippen LogP contribution in [0.1, 0.15) is 5.69 Å². The number of aromatic amines is 1. The van der Waals surface area contributed by atoms with E-state index in [4.69, 9.17) is 23.2 Å². The first-order chi connectivity index (χ1) is 6.70. The summed E-state index contributed by atoms with van der Waals surface area (Å²) in [6.07, 6.45) is 0. The average molecular weight is 229 g/mol. The number of halogens is 2. The molecule has 0 saturated heterocycles. The van der Waals surface area contributed by atoms with Gasteiger partial charge in [-0.15, -0.1) is 0 Å². The molecular weight excluding hydrogens is 219 g/mol. The molecule has 0 fully saturated rings. The maximum atomic E-state index is 6.04. The van der Waals surface area contributed by atoms with Gasteiger partial charge >= 0.3 is 0 Å². The van der Waals surface area contributed by atoms with Gasteiger partial charge in [0.25, 0.3) is 0 Å². The first-order valence-corrected chi connectivity index (χ1v) is 5.07. The van der Waals surface area contributed by atoms with Crippen molar-refractivity contribution < 1.29 is 0 Å². The monoisotopic (exact) mass is 228 g/mol. The average Bonchev–Trinajstić information content (AvgIpc) is 2.48. The topological polar surface area (TPSA) is 27.8 Å². The van der Waals surface area contributed by atoms with Gasteiger partial charge in [0.1, 0.15) is 0 Å². The number of nitrogens with one attached hydrogen (secondary N) is 2. The highest BCUT2D eigenvalue weighted by atomic mass is 35.5. The molecule has 1 aromatic carbocycles. The SMILES string of the molecule is CNCc1cc2cc(Cl)cc(Cl)c2[nH]1. The molecule has 1 aromatic heterocycles. The van der Waals surface area contributed by atoms with E-state index in [0.717, 1.165) is 23.1 Å². The molecule has 0 atom stereocenters. The molecule has 2 N–H and O–H groups in total. The molecule has 14 heavy (non-hydrogen) atoms. The number of fused-ring (bicyclic) bond motifs is 1. The zero-order chi connectivity index (χ0) is 10.1. The molecule has 2 aromatic rings. The number of aromatic nitrogens is 1. The van der Waals surface area contributed by atoms with Crippen LogP contribution in [0.15, 0.2) is 18.2 Å². The van der Waals surface area contributed by atoms with E-state index in [1.54, 1.807) is 6.07 Å².